The lowest BCUT2D eigenvalue weighted by atomic mass is 10.1. The van der Waals surface area contributed by atoms with Gasteiger partial charge in [0.1, 0.15) is 5.82 Å². The minimum Gasteiger partial charge on any atom is -0.326 e. The van der Waals surface area contributed by atoms with Crippen molar-refractivity contribution in [2.75, 3.05) is 5.32 Å². The smallest absolute Gasteiger partial charge is 0.224 e. The van der Waals surface area contributed by atoms with Crippen molar-refractivity contribution < 1.29 is 14.0 Å². The molecular weight excluding hydrogens is 396 g/mol. The Hall–Kier alpha value is -1.76. The topological polar surface area (TPSA) is 46.2 Å². The molecule has 3 nitrogen and oxygen atoms in total. The predicted molar refractivity (Wildman–Crippen MR) is 92.5 cm³/mol. The summed E-state index contributed by atoms with van der Waals surface area (Å²) in [5.74, 6) is -0.766. The molecule has 2 aromatic carbocycles. The molecule has 0 unspecified atom stereocenters. The van der Waals surface area contributed by atoms with Crippen molar-refractivity contribution in [3.05, 3.63) is 63.0 Å². The van der Waals surface area contributed by atoms with Crippen LogP contribution in [0.15, 0.2) is 42.5 Å². The highest BCUT2D eigenvalue weighted by Gasteiger charge is 2.10. The van der Waals surface area contributed by atoms with Gasteiger partial charge in [-0.2, -0.15) is 0 Å². The summed E-state index contributed by atoms with van der Waals surface area (Å²) in [7, 11) is 0. The summed E-state index contributed by atoms with van der Waals surface area (Å²) in [5, 5.41) is 2.80. The number of ketones is 1. The number of carbonyl (C=O) groups excluding carboxylic acids is 2. The highest BCUT2D eigenvalue weighted by molar-refractivity contribution is 14.1. The zero-order valence-corrected chi connectivity index (χ0v) is 14.2. The monoisotopic (exact) mass is 411 g/mol. The first-order chi connectivity index (χ1) is 10.5. The Morgan fingerprint density at radius 1 is 1.09 bits per heavy atom. The zero-order valence-electron chi connectivity index (χ0n) is 12.0. The molecule has 0 aliphatic heterocycles. The minimum absolute atomic E-state index is 0.0981. The summed E-state index contributed by atoms with van der Waals surface area (Å²) in [4.78, 5) is 23.8. The van der Waals surface area contributed by atoms with E-state index in [9.17, 15) is 14.0 Å². The van der Waals surface area contributed by atoms with Crippen LogP contribution >= 0.6 is 22.6 Å². The minimum atomic E-state index is -0.386. The van der Waals surface area contributed by atoms with E-state index in [0.29, 0.717) is 5.56 Å². The molecule has 0 aliphatic carbocycles. The summed E-state index contributed by atoms with van der Waals surface area (Å²) in [5.41, 5.74) is 2.14. The lowest BCUT2D eigenvalue weighted by Gasteiger charge is -2.08. The number of aryl methyl sites for hydroxylation is 1. The van der Waals surface area contributed by atoms with E-state index in [1.807, 2.05) is 25.1 Å². The molecule has 0 atom stereocenters. The summed E-state index contributed by atoms with van der Waals surface area (Å²) in [6.45, 7) is 1.92. The van der Waals surface area contributed by atoms with E-state index in [1.54, 1.807) is 0 Å². The van der Waals surface area contributed by atoms with E-state index in [1.165, 1.54) is 24.3 Å². The molecule has 0 saturated heterocycles. The maximum absolute atomic E-state index is 12.8. The number of halogens is 2. The van der Waals surface area contributed by atoms with E-state index < -0.39 is 0 Å². The second-order valence-corrected chi connectivity index (χ2v) is 6.18. The van der Waals surface area contributed by atoms with Gasteiger partial charge in [0.05, 0.1) is 0 Å². The molecule has 0 radical (unpaired) electrons. The molecule has 1 N–H and O–H groups in total. The molecule has 0 aromatic heterocycles. The third-order valence-corrected chi connectivity index (χ3v) is 3.88. The second-order valence-electron chi connectivity index (χ2n) is 4.94. The van der Waals surface area contributed by atoms with Crippen molar-refractivity contribution in [2.45, 2.75) is 19.8 Å². The van der Waals surface area contributed by atoms with Gasteiger partial charge in [-0.1, -0.05) is 0 Å². The number of nitrogens with one attached hydrogen (secondary N) is 1. The predicted octanol–water partition coefficient (Wildman–Crippen LogP) is 4.34. The third-order valence-electron chi connectivity index (χ3n) is 3.21. The molecule has 0 spiro atoms. The van der Waals surface area contributed by atoms with Crippen LogP contribution in [-0.4, -0.2) is 11.7 Å². The van der Waals surface area contributed by atoms with Crippen LogP contribution in [0.4, 0.5) is 10.1 Å². The van der Waals surface area contributed by atoms with Crippen LogP contribution in [0.3, 0.4) is 0 Å². The van der Waals surface area contributed by atoms with E-state index in [2.05, 4.69) is 27.9 Å². The summed E-state index contributed by atoms with van der Waals surface area (Å²) < 4.78 is 13.9. The lowest BCUT2D eigenvalue weighted by molar-refractivity contribution is -0.116. The Labute approximate surface area is 142 Å². The molecule has 22 heavy (non-hydrogen) atoms. The molecule has 114 valence electrons. The Kier molecular flexibility index (Phi) is 5.65. The number of amides is 1. The van der Waals surface area contributed by atoms with E-state index in [4.69, 9.17) is 0 Å². The van der Waals surface area contributed by atoms with Crippen molar-refractivity contribution in [3.8, 4) is 0 Å². The number of Topliss-reactive ketones (excluding diaryl/α,β-unsaturated/α-hetero) is 1. The van der Waals surface area contributed by atoms with Crippen molar-refractivity contribution in [1.82, 2.24) is 0 Å². The molecule has 0 fully saturated rings. The Balaban J connectivity index is 1.89. The Morgan fingerprint density at radius 3 is 2.41 bits per heavy atom. The van der Waals surface area contributed by atoms with Gasteiger partial charge in [0.25, 0.3) is 0 Å². The summed E-state index contributed by atoms with van der Waals surface area (Å²) in [6.07, 6.45) is 0.197. The average Bonchev–Trinajstić information content (AvgIpc) is 2.48. The molecule has 2 aromatic rings. The van der Waals surface area contributed by atoms with Crippen LogP contribution in [0.5, 0.6) is 0 Å². The van der Waals surface area contributed by atoms with E-state index in [-0.39, 0.29) is 30.3 Å². The quantitative estimate of drug-likeness (QED) is 0.588. The fraction of sp³-hybridized carbons (Fsp3) is 0.176. The molecule has 0 bridgehead atoms. The third kappa shape index (κ3) is 4.62. The van der Waals surface area contributed by atoms with Gasteiger partial charge in [0.2, 0.25) is 5.91 Å². The number of carbonyl (C=O) groups is 2. The molecule has 5 heteroatoms. The van der Waals surface area contributed by atoms with Crippen LogP contribution in [-0.2, 0) is 4.79 Å². The first-order valence-electron chi connectivity index (χ1n) is 6.80. The highest BCUT2D eigenvalue weighted by Crippen LogP contribution is 2.18. The first kappa shape index (κ1) is 16.6. The fourth-order valence-electron chi connectivity index (χ4n) is 1.99. The largest absolute Gasteiger partial charge is 0.326 e. The number of hydrogen-bond acceptors (Lipinski definition) is 2. The Morgan fingerprint density at radius 2 is 1.77 bits per heavy atom. The van der Waals surface area contributed by atoms with Crippen LogP contribution in [0.1, 0.15) is 28.8 Å². The molecule has 0 heterocycles. The molecule has 2 rings (SSSR count). The average molecular weight is 411 g/mol. The van der Waals surface area contributed by atoms with Crippen molar-refractivity contribution in [3.63, 3.8) is 0 Å². The molecular formula is C17H15FINO2. The van der Waals surface area contributed by atoms with Gasteiger partial charge in [-0.15, -0.1) is 0 Å². The van der Waals surface area contributed by atoms with Crippen molar-refractivity contribution in [1.29, 1.82) is 0 Å². The second kappa shape index (κ2) is 7.49. The van der Waals surface area contributed by atoms with Gasteiger partial charge >= 0.3 is 0 Å². The van der Waals surface area contributed by atoms with Crippen LogP contribution in [0.25, 0.3) is 0 Å². The van der Waals surface area contributed by atoms with E-state index in [0.717, 1.165) is 14.8 Å². The normalized spacial score (nSPS) is 10.3. The van der Waals surface area contributed by atoms with Crippen molar-refractivity contribution >= 4 is 40.0 Å². The number of anilines is 1. The van der Waals surface area contributed by atoms with Crippen LogP contribution < -0.4 is 5.32 Å². The van der Waals surface area contributed by atoms with Crippen molar-refractivity contribution in [2.24, 2.45) is 0 Å². The van der Waals surface area contributed by atoms with Gasteiger partial charge in [0, 0.05) is 27.7 Å². The Bertz CT molecular complexity index is 698. The highest BCUT2D eigenvalue weighted by atomic mass is 127. The standard InChI is InChI=1S/C17H15FINO2/c1-11-10-14(19)6-7-15(11)20-17(22)9-8-16(21)12-2-4-13(18)5-3-12/h2-7,10H,8-9H2,1H3,(H,20,22). The van der Waals surface area contributed by atoms with Gasteiger partial charge < -0.3 is 5.32 Å². The zero-order chi connectivity index (χ0) is 16.1. The first-order valence-corrected chi connectivity index (χ1v) is 7.88. The maximum Gasteiger partial charge on any atom is 0.224 e. The SMILES string of the molecule is Cc1cc(I)ccc1NC(=O)CCC(=O)c1ccc(F)cc1. The number of hydrogen-bond donors (Lipinski definition) is 1. The summed E-state index contributed by atoms with van der Waals surface area (Å²) >= 11 is 2.21. The lowest BCUT2D eigenvalue weighted by Crippen LogP contribution is -2.14. The number of benzene rings is 2. The van der Waals surface area contributed by atoms with Crippen LogP contribution in [0.2, 0.25) is 0 Å². The van der Waals surface area contributed by atoms with E-state index >= 15 is 0 Å². The molecule has 0 aliphatic rings. The van der Waals surface area contributed by atoms with Gasteiger partial charge in [-0.25, -0.2) is 4.39 Å². The maximum atomic E-state index is 12.8. The van der Waals surface area contributed by atoms with Gasteiger partial charge in [-0.05, 0) is 77.5 Å². The summed E-state index contributed by atoms with van der Waals surface area (Å²) in [6, 6.07) is 11.1. The van der Waals surface area contributed by atoms with Gasteiger partial charge in [0.15, 0.2) is 5.78 Å². The fourth-order valence-corrected chi connectivity index (χ4v) is 2.63. The van der Waals surface area contributed by atoms with Crippen LogP contribution in [0, 0.1) is 16.3 Å². The van der Waals surface area contributed by atoms with Gasteiger partial charge in [-0.3, -0.25) is 9.59 Å². The number of rotatable bonds is 5. The molecule has 0 saturated carbocycles. The molecule has 1 amide bonds.